The van der Waals surface area contributed by atoms with Crippen molar-refractivity contribution >= 4 is 29.1 Å². The van der Waals surface area contributed by atoms with Gasteiger partial charge in [-0.15, -0.1) is 0 Å². The fourth-order valence-electron chi connectivity index (χ4n) is 6.16. The number of nitrogens with one attached hydrogen (secondary N) is 3. The van der Waals surface area contributed by atoms with Crippen LogP contribution >= 0.6 is 11.6 Å². The molecule has 47 heavy (non-hydrogen) atoms. The van der Waals surface area contributed by atoms with Gasteiger partial charge in [0, 0.05) is 80.8 Å². The summed E-state index contributed by atoms with van der Waals surface area (Å²) in [5, 5.41) is 19.6. The number of aliphatic hydroxyl groups is 1. The minimum Gasteiger partial charge on any atom is -0.481 e. The molecule has 0 aliphatic carbocycles. The lowest BCUT2D eigenvalue weighted by atomic mass is 10.0. The highest BCUT2D eigenvalue weighted by Gasteiger charge is 2.24. The van der Waals surface area contributed by atoms with Crippen molar-refractivity contribution in [3.63, 3.8) is 0 Å². The van der Waals surface area contributed by atoms with Crippen LogP contribution in [0.5, 0.6) is 5.88 Å². The third-order valence-electron chi connectivity index (χ3n) is 8.85. The first-order valence-corrected chi connectivity index (χ1v) is 16.1. The summed E-state index contributed by atoms with van der Waals surface area (Å²) in [5.41, 5.74) is 5.89. The number of β-amino-alcohol motifs (C(OH)–C–C–N with tert-alkyl or cyclic N) is 1. The molecule has 2 aliphatic rings. The van der Waals surface area contributed by atoms with Crippen molar-refractivity contribution in [3.05, 3.63) is 76.5 Å². The first-order chi connectivity index (χ1) is 22.7. The van der Waals surface area contributed by atoms with E-state index in [-0.39, 0.29) is 24.0 Å². The van der Waals surface area contributed by atoms with Gasteiger partial charge in [-0.3, -0.25) is 19.5 Å². The zero-order valence-corrected chi connectivity index (χ0v) is 27.5. The Morgan fingerprint density at radius 1 is 1.17 bits per heavy atom. The number of hydrogen-bond acceptors (Lipinski definition) is 9. The van der Waals surface area contributed by atoms with Crippen LogP contribution < -0.4 is 20.7 Å². The van der Waals surface area contributed by atoms with E-state index in [1.54, 1.807) is 24.1 Å². The topological polar surface area (TPSA) is 147 Å². The summed E-state index contributed by atoms with van der Waals surface area (Å²) >= 11 is 7.00. The number of amides is 2. The lowest BCUT2D eigenvalue weighted by molar-refractivity contribution is -0.119. The minimum absolute atomic E-state index is 0.0927. The molecule has 2 fully saturated rings. The number of hydrogen-bond donors (Lipinski definition) is 4. The van der Waals surface area contributed by atoms with Crippen molar-refractivity contribution in [1.29, 1.82) is 0 Å². The lowest BCUT2D eigenvalue weighted by Crippen LogP contribution is -2.35. The summed E-state index contributed by atoms with van der Waals surface area (Å²) in [5.74, 6) is 0.546. The molecule has 2 aliphatic heterocycles. The van der Waals surface area contributed by atoms with Crippen molar-refractivity contribution in [1.82, 2.24) is 35.1 Å². The summed E-state index contributed by atoms with van der Waals surface area (Å²) in [4.78, 5) is 40.7. The maximum atomic E-state index is 13.3. The number of rotatable bonds is 11. The SMILES string of the molecule is COc1nc(-c2ccnc(-c3cccc(NC(=O)c4ncc(CN5CC[C@H](O)C5)n4C)c3C)c2Cl)ccc1CNC[C@H]1CCC(=O)N1. The highest BCUT2D eigenvalue weighted by Crippen LogP contribution is 2.38. The molecule has 0 radical (unpaired) electrons. The Bertz CT molecular complexity index is 1790. The van der Waals surface area contributed by atoms with E-state index in [9.17, 15) is 14.7 Å². The number of anilines is 1. The molecule has 5 heterocycles. The van der Waals surface area contributed by atoms with Crippen LogP contribution in [0, 0.1) is 6.92 Å². The third kappa shape index (κ3) is 7.15. The number of pyridine rings is 2. The quantitative estimate of drug-likeness (QED) is 0.189. The van der Waals surface area contributed by atoms with Gasteiger partial charge in [-0.1, -0.05) is 29.8 Å². The van der Waals surface area contributed by atoms with Gasteiger partial charge in [-0.25, -0.2) is 9.97 Å². The number of methoxy groups -OCH3 is 1. The van der Waals surface area contributed by atoms with Crippen LogP contribution in [0.15, 0.2) is 48.8 Å². The van der Waals surface area contributed by atoms with Gasteiger partial charge >= 0.3 is 0 Å². The Kier molecular flexibility index (Phi) is 9.83. The number of aliphatic hydroxyl groups excluding tert-OH is 1. The van der Waals surface area contributed by atoms with Gasteiger partial charge in [-0.05, 0) is 43.5 Å². The molecular formula is C34H39ClN8O4. The number of imidazole rings is 1. The number of benzene rings is 1. The number of nitrogens with zero attached hydrogens (tertiary/aromatic N) is 5. The van der Waals surface area contributed by atoms with E-state index >= 15 is 0 Å². The van der Waals surface area contributed by atoms with Crippen LogP contribution in [0.4, 0.5) is 5.69 Å². The van der Waals surface area contributed by atoms with E-state index in [2.05, 4.69) is 30.8 Å². The maximum absolute atomic E-state index is 13.3. The summed E-state index contributed by atoms with van der Waals surface area (Å²) < 4.78 is 7.41. The number of halogens is 1. The molecule has 1 aromatic carbocycles. The number of carbonyl (C=O) groups is 2. The number of ether oxygens (including phenoxy) is 1. The zero-order valence-electron chi connectivity index (χ0n) is 26.7. The van der Waals surface area contributed by atoms with E-state index in [1.807, 2.05) is 50.4 Å². The summed E-state index contributed by atoms with van der Waals surface area (Å²) in [6, 6.07) is 11.4. The van der Waals surface area contributed by atoms with Crippen molar-refractivity contribution in [2.24, 2.45) is 7.05 Å². The Hall–Kier alpha value is -4.36. The van der Waals surface area contributed by atoms with Crippen LogP contribution in [0.3, 0.4) is 0 Å². The molecule has 0 saturated carbocycles. The van der Waals surface area contributed by atoms with Crippen molar-refractivity contribution in [2.75, 3.05) is 32.1 Å². The molecule has 2 amide bonds. The van der Waals surface area contributed by atoms with Crippen LogP contribution in [0.1, 0.15) is 46.7 Å². The molecule has 4 aromatic rings. The molecule has 246 valence electrons. The number of aromatic nitrogens is 4. The van der Waals surface area contributed by atoms with Gasteiger partial charge in [0.15, 0.2) is 5.82 Å². The standard InChI is InChI=1S/C34H39ClN8O4/c1-20-25(5-4-6-27(20)40-33(46)32-38-17-23(42(32)2)18-43-14-12-24(44)19-43)31-30(35)26(11-13-37-31)28-9-7-21(34(41-28)47-3)15-36-16-22-8-10-29(45)39-22/h4-7,9,11,13,17,22,24,36,44H,8,10,12,14-16,18-19H2,1-3H3,(H,39,45)(H,40,46)/t22-,24+/m1/s1. The predicted molar refractivity (Wildman–Crippen MR) is 179 cm³/mol. The van der Waals surface area contributed by atoms with Gasteiger partial charge in [0.05, 0.1) is 41.5 Å². The normalized spacial score (nSPS) is 18.0. The molecule has 6 rings (SSSR count). The Labute approximate surface area is 278 Å². The second kappa shape index (κ2) is 14.2. The Morgan fingerprint density at radius 2 is 2.02 bits per heavy atom. The second-order valence-corrected chi connectivity index (χ2v) is 12.4. The number of carbonyl (C=O) groups excluding carboxylic acids is 2. The van der Waals surface area contributed by atoms with Gasteiger partial charge < -0.3 is 30.4 Å². The monoisotopic (exact) mass is 658 g/mol. The van der Waals surface area contributed by atoms with E-state index < -0.39 is 0 Å². The van der Waals surface area contributed by atoms with Gasteiger partial charge in [0.25, 0.3) is 5.91 Å². The maximum Gasteiger partial charge on any atom is 0.291 e. The van der Waals surface area contributed by atoms with Gasteiger partial charge in [0.1, 0.15) is 0 Å². The minimum atomic E-state index is -0.327. The number of likely N-dealkylation sites (tertiary alicyclic amines) is 1. The molecule has 0 bridgehead atoms. The predicted octanol–water partition coefficient (Wildman–Crippen LogP) is 3.70. The highest BCUT2D eigenvalue weighted by atomic mass is 35.5. The fraction of sp³-hybridized carbons (Fsp3) is 0.382. The lowest BCUT2D eigenvalue weighted by Gasteiger charge is -2.16. The molecule has 2 saturated heterocycles. The van der Waals surface area contributed by atoms with Gasteiger partial charge in [-0.2, -0.15) is 0 Å². The molecule has 12 nitrogen and oxygen atoms in total. The first-order valence-electron chi connectivity index (χ1n) is 15.7. The zero-order chi connectivity index (χ0) is 33.1. The molecule has 0 spiro atoms. The average molecular weight is 659 g/mol. The fourth-order valence-corrected chi connectivity index (χ4v) is 6.48. The third-order valence-corrected chi connectivity index (χ3v) is 9.23. The first kappa shape index (κ1) is 32.6. The van der Waals surface area contributed by atoms with E-state index in [4.69, 9.17) is 21.3 Å². The van der Waals surface area contributed by atoms with E-state index in [1.165, 1.54) is 0 Å². The average Bonchev–Trinajstić information content (AvgIpc) is 3.78. The van der Waals surface area contributed by atoms with Crippen LogP contribution in [0.25, 0.3) is 22.5 Å². The Balaban J connectivity index is 1.18. The summed E-state index contributed by atoms with van der Waals surface area (Å²) in [6.45, 7) is 5.17. The van der Waals surface area contributed by atoms with Crippen molar-refractivity contribution < 1.29 is 19.4 Å². The summed E-state index contributed by atoms with van der Waals surface area (Å²) in [6.07, 6.45) is 5.24. The smallest absolute Gasteiger partial charge is 0.291 e. The largest absolute Gasteiger partial charge is 0.481 e. The molecule has 13 heteroatoms. The van der Waals surface area contributed by atoms with Crippen LogP contribution in [-0.4, -0.2) is 80.2 Å². The van der Waals surface area contributed by atoms with Crippen molar-refractivity contribution in [2.45, 2.75) is 51.4 Å². The van der Waals surface area contributed by atoms with Crippen LogP contribution in [0.2, 0.25) is 5.02 Å². The summed E-state index contributed by atoms with van der Waals surface area (Å²) in [7, 11) is 3.41. The molecule has 0 unspecified atom stereocenters. The van der Waals surface area contributed by atoms with E-state index in [0.717, 1.165) is 41.8 Å². The highest BCUT2D eigenvalue weighted by molar-refractivity contribution is 6.35. The van der Waals surface area contributed by atoms with Gasteiger partial charge in [0.2, 0.25) is 11.8 Å². The Morgan fingerprint density at radius 3 is 2.77 bits per heavy atom. The second-order valence-electron chi connectivity index (χ2n) is 12.1. The molecule has 3 aromatic heterocycles. The molecule has 4 N–H and O–H groups in total. The van der Waals surface area contributed by atoms with E-state index in [0.29, 0.717) is 72.0 Å². The molecular weight excluding hydrogens is 620 g/mol. The molecule has 2 atom stereocenters. The van der Waals surface area contributed by atoms with Crippen molar-refractivity contribution in [3.8, 4) is 28.4 Å². The van der Waals surface area contributed by atoms with Crippen LogP contribution in [-0.2, 0) is 24.9 Å².